The zero-order valence-electron chi connectivity index (χ0n) is 9.34. The van der Waals surface area contributed by atoms with Crippen molar-refractivity contribution in [3.05, 3.63) is 59.7 Å². The number of benzene rings is 1. The lowest BCUT2D eigenvalue weighted by Crippen LogP contribution is -2.03. The summed E-state index contributed by atoms with van der Waals surface area (Å²) in [6, 6.07) is 9.04. The lowest BCUT2D eigenvalue weighted by atomic mass is 10.2. The summed E-state index contributed by atoms with van der Waals surface area (Å²) in [5, 5.41) is 8.78. The van der Waals surface area contributed by atoms with Crippen LogP contribution >= 0.6 is 0 Å². The molecule has 4 nitrogen and oxygen atoms in total. The summed E-state index contributed by atoms with van der Waals surface area (Å²) in [7, 11) is 0. The molecule has 0 aliphatic heterocycles. The zero-order valence-corrected chi connectivity index (χ0v) is 9.34. The molecule has 1 aromatic heterocycles. The van der Waals surface area contributed by atoms with Gasteiger partial charge in [-0.15, -0.1) is 0 Å². The van der Waals surface area contributed by atoms with Crippen LogP contribution in [0.4, 0.5) is 4.39 Å². The van der Waals surface area contributed by atoms with Gasteiger partial charge in [-0.3, -0.25) is 0 Å². The van der Waals surface area contributed by atoms with Crippen LogP contribution in [0, 0.1) is 5.82 Å². The molecule has 0 radical (unpaired) electrons. The third kappa shape index (κ3) is 2.82. The standard InChI is InChI=1S/C13H10FNO3/c14-10-3-1-2-4-12(10)18-8-9-5-6-15-11(7-9)13(16)17/h1-7H,8H2,(H,16,17). The lowest BCUT2D eigenvalue weighted by molar-refractivity contribution is 0.0690. The van der Waals surface area contributed by atoms with E-state index in [9.17, 15) is 9.18 Å². The third-order valence-electron chi connectivity index (χ3n) is 2.27. The number of halogens is 1. The molecule has 0 fully saturated rings. The van der Waals surface area contributed by atoms with Gasteiger partial charge in [-0.25, -0.2) is 14.2 Å². The van der Waals surface area contributed by atoms with Gasteiger partial charge in [0.25, 0.3) is 0 Å². The second-order valence-electron chi connectivity index (χ2n) is 3.57. The van der Waals surface area contributed by atoms with Gasteiger partial charge in [0.05, 0.1) is 0 Å². The van der Waals surface area contributed by atoms with Crippen molar-refractivity contribution in [1.82, 2.24) is 4.98 Å². The molecule has 18 heavy (non-hydrogen) atoms. The molecule has 0 bridgehead atoms. The van der Waals surface area contributed by atoms with Gasteiger partial charge in [0.2, 0.25) is 0 Å². The fourth-order valence-corrected chi connectivity index (χ4v) is 1.40. The monoisotopic (exact) mass is 247 g/mol. The van der Waals surface area contributed by atoms with Gasteiger partial charge >= 0.3 is 5.97 Å². The summed E-state index contributed by atoms with van der Waals surface area (Å²) in [6.07, 6.45) is 1.38. The van der Waals surface area contributed by atoms with E-state index in [0.717, 1.165) is 0 Å². The Morgan fingerprint density at radius 1 is 1.33 bits per heavy atom. The van der Waals surface area contributed by atoms with E-state index in [1.54, 1.807) is 18.2 Å². The molecule has 0 spiro atoms. The molecule has 2 aromatic rings. The van der Waals surface area contributed by atoms with E-state index >= 15 is 0 Å². The fraction of sp³-hybridized carbons (Fsp3) is 0.0769. The highest BCUT2D eigenvalue weighted by Gasteiger charge is 2.06. The summed E-state index contributed by atoms with van der Waals surface area (Å²) in [5.74, 6) is -1.43. The van der Waals surface area contributed by atoms with Gasteiger partial charge in [0.15, 0.2) is 11.6 Å². The van der Waals surface area contributed by atoms with Crippen molar-refractivity contribution in [2.75, 3.05) is 0 Å². The minimum absolute atomic E-state index is 0.0652. The van der Waals surface area contributed by atoms with Crippen LogP contribution in [-0.4, -0.2) is 16.1 Å². The van der Waals surface area contributed by atoms with Crippen molar-refractivity contribution in [3.8, 4) is 5.75 Å². The maximum Gasteiger partial charge on any atom is 0.354 e. The molecule has 0 aliphatic carbocycles. The highest BCUT2D eigenvalue weighted by atomic mass is 19.1. The number of carboxylic acid groups (broad SMARTS) is 1. The number of aromatic carboxylic acids is 1. The number of pyridine rings is 1. The van der Waals surface area contributed by atoms with Crippen molar-refractivity contribution in [2.45, 2.75) is 6.61 Å². The molecule has 0 saturated carbocycles. The zero-order chi connectivity index (χ0) is 13.0. The topological polar surface area (TPSA) is 59.4 Å². The number of hydrogen-bond donors (Lipinski definition) is 1. The summed E-state index contributed by atoms with van der Waals surface area (Å²) in [5.41, 5.74) is 0.551. The molecule has 1 heterocycles. The molecule has 0 atom stereocenters. The molecule has 2 rings (SSSR count). The number of carboxylic acids is 1. The predicted octanol–water partition coefficient (Wildman–Crippen LogP) is 2.50. The molecular formula is C13H10FNO3. The van der Waals surface area contributed by atoms with Crippen molar-refractivity contribution in [1.29, 1.82) is 0 Å². The quantitative estimate of drug-likeness (QED) is 0.901. The van der Waals surface area contributed by atoms with E-state index in [2.05, 4.69) is 4.98 Å². The largest absolute Gasteiger partial charge is 0.486 e. The van der Waals surface area contributed by atoms with Crippen molar-refractivity contribution in [3.63, 3.8) is 0 Å². The van der Waals surface area contributed by atoms with E-state index < -0.39 is 11.8 Å². The lowest BCUT2D eigenvalue weighted by Gasteiger charge is -2.07. The number of nitrogens with zero attached hydrogens (tertiary/aromatic N) is 1. The molecule has 0 unspecified atom stereocenters. The van der Waals surface area contributed by atoms with Crippen LogP contribution in [-0.2, 0) is 6.61 Å². The number of hydrogen-bond acceptors (Lipinski definition) is 3. The molecular weight excluding hydrogens is 237 g/mol. The van der Waals surface area contributed by atoms with Crippen LogP contribution in [0.3, 0.4) is 0 Å². The summed E-state index contributed by atoms with van der Waals surface area (Å²) >= 11 is 0. The third-order valence-corrected chi connectivity index (χ3v) is 2.27. The number of aromatic nitrogens is 1. The second kappa shape index (κ2) is 5.27. The average Bonchev–Trinajstić information content (AvgIpc) is 2.38. The van der Waals surface area contributed by atoms with Gasteiger partial charge in [0.1, 0.15) is 12.3 Å². The Bertz CT molecular complexity index is 572. The minimum atomic E-state index is -1.11. The molecule has 92 valence electrons. The molecule has 1 aromatic carbocycles. The first-order valence-corrected chi connectivity index (χ1v) is 5.22. The normalized spacial score (nSPS) is 10.1. The molecule has 0 aliphatic rings. The van der Waals surface area contributed by atoms with Crippen molar-refractivity contribution < 1.29 is 19.0 Å². The Kier molecular flexibility index (Phi) is 3.52. The number of carbonyl (C=O) groups is 1. The fourth-order valence-electron chi connectivity index (χ4n) is 1.40. The summed E-state index contributed by atoms with van der Waals surface area (Å²) in [6.45, 7) is 0.0870. The number of rotatable bonds is 4. The van der Waals surface area contributed by atoms with Crippen LogP contribution in [0.1, 0.15) is 16.1 Å². The van der Waals surface area contributed by atoms with Crippen LogP contribution in [0.5, 0.6) is 5.75 Å². The van der Waals surface area contributed by atoms with Crippen LogP contribution in [0.15, 0.2) is 42.6 Å². The minimum Gasteiger partial charge on any atom is -0.486 e. The Balaban J connectivity index is 2.09. The molecule has 0 saturated heterocycles. The average molecular weight is 247 g/mol. The number of ether oxygens (including phenoxy) is 1. The van der Waals surface area contributed by atoms with Crippen LogP contribution in [0.25, 0.3) is 0 Å². The van der Waals surface area contributed by atoms with Gasteiger partial charge < -0.3 is 9.84 Å². The molecule has 1 N–H and O–H groups in total. The molecule has 0 amide bonds. The van der Waals surface area contributed by atoms with E-state index in [1.165, 1.54) is 24.4 Å². The Morgan fingerprint density at radius 3 is 2.83 bits per heavy atom. The van der Waals surface area contributed by atoms with E-state index in [1.807, 2.05) is 0 Å². The highest BCUT2D eigenvalue weighted by Crippen LogP contribution is 2.17. The Hall–Kier alpha value is -2.43. The van der Waals surface area contributed by atoms with Gasteiger partial charge in [-0.2, -0.15) is 0 Å². The first-order chi connectivity index (χ1) is 8.66. The smallest absolute Gasteiger partial charge is 0.354 e. The first-order valence-electron chi connectivity index (χ1n) is 5.22. The van der Waals surface area contributed by atoms with Gasteiger partial charge in [-0.05, 0) is 29.8 Å². The summed E-state index contributed by atoms with van der Waals surface area (Å²) in [4.78, 5) is 14.4. The van der Waals surface area contributed by atoms with Crippen LogP contribution < -0.4 is 4.74 Å². The highest BCUT2D eigenvalue weighted by molar-refractivity contribution is 5.85. The first kappa shape index (κ1) is 12.0. The predicted molar refractivity (Wildman–Crippen MR) is 61.9 cm³/mol. The van der Waals surface area contributed by atoms with E-state index in [-0.39, 0.29) is 18.1 Å². The van der Waals surface area contributed by atoms with Gasteiger partial charge in [-0.1, -0.05) is 12.1 Å². The van der Waals surface area contributed by atoms with Crippen molar-refractivity contribution >= 4 is 5.97 Å². The van der Waals surface area contributed by atoms with Gasteiger partial charge in [0, 0.05) is 6.20 Å². The SMILES string of the molecule is O=C(O)c1cc(COc2ccccc2F)ccn1. The maximum atomic E-state index is 13.3. The summed E-state index contributed by atoms with van der Waals surface area (Å²) < 4.78 is 18.5. The second-order valence-corrected chi connectivity index (χ2v) is 3.57. The molecule has 5 heteroatoms. The van der Waals surface area contributed by atoms with Crippen LogP contribution in [0.2, 0.25) is 0 Å². The Labute approximate surface area is 103 Å². The Morgan fingerprint density at radius 2 is 2.11 bits per heavy atom. The van der Waals surface area contributed by atoms with E-state index in [4.69, 9.17) is 9.84 Å². The van der Waals surface area contributed by atoms with E-state index in [0.29, 0.717) is 5.56 Å². The maximum absolute atomic E-state index is 13.3. The number of para-hydroxylation sites is 1. The van der Waals surface area contributed by atoms with Crippen molar-refractivity contribution in [2.24, 2.45) is 0 Å².